The fourth-order valence-electron chi connectivity index (χ4n) is 2.57. The molecule has 1 N–H and O–H groups in total. The van der Waals surface area contributed by atoms with Gasteiger partial charge >= 0.3 is 0 Å². The Morgan fingerprint density at radius 2 is 1.85 bits per heavy atom. The fourth-order valence-corrected chi connectivity index (χ4v) is 3.53. The molecule has 3 aromatic rings. The second kappa shape index (κ2) is 8.10. The number of hydrogen-bond donors (Lipinski definition) is 1. The summed E-state index contributed by atoms with van der Waals surface area (Å²) in [5.74, 6) is 0.413. The number of halogens is 1. The van der Waals surface area contributed by atoms with Gasteiger partial charge in [0.15, 0.2) is 0 Å². The molecule has 0 radical (unpaired) electrons. The second-order valence-electron chi connectivity index (χ2n) is 5.81. The molecule has 0 atom stereocenters. The number of hydrogen-bond acceptors (Lipinski definition) is 4. The lowest BCUT2D eigenvalue weighted by atomic mass is 10.1. The minimum absolute atomic E-state index is 0.0761. The number of benzene rings is 2. The zero-order valence-corrected chi connectivity index (χ0v) is 15.4. The molecule has 6 heteroatoms. The van der Waals surface area contributed by atoms with E-state index in [1.165, 1.54) is 23.5 Å². The maximum Gasteiger partial charge on any atom is 0.225 e. The van der Waals surface area contributed by atoms with Crippen molar-refractivity contribution in [3.05, 3.63) is 69.8 Å². The van der Waals surface area contributed by atoms with E-state index in [1.807, 2.05) is 31.2 Å². The van der Waals surface area contributed by atoms with Gasteiger partial charge in [-0.05, 0) is 48.9 Å². The van der Waals surface area contributed by atoms with Crippen molar-refractivity contribution >= 4 is 17.2 Å². The lowest BCUT2D eigenvalue weighted by molar-refractivity contribution is -0.120. The zero-order chi connectivity index (χ0) is 18.5. The van der Waals surface area contributed by atoms with Crippen molar-refractivity contribution in [2.75, 3.05) is 7.11 Å². The highest BCUT2D eigenvalue weighted by atomic mass is 32.1. The van der Waals surface area contributed by atoms with Gasteiger partial charge in [-0.3, -0.25) is 4.79 Å². The molecule has 0 saturated heterocycles. The quantitative estimate of drug-likeness (QED) is 0.710. The Kier molecular flexibility index (Phi) is 5.63. The molecule has 4 nitrogen and oxygen atoms in total. The van der Waals surface area contributed by atoms with Gasteiger partial charge in [-0.15, -0.1) is 11.3 Å². The summed E-state index contributed by atoms with van der Waals surface area (Å²) in [5.41, 5.74) is 2.55. The van der Waals surface area contributed by atoms with Crippen molar-refractivity contribution < 1.29 is 13.9 Å². The Bertz CT molecular complexity index is 889. The molecule has 0 unspecified atom stereocenters. The standard InChI is InChI=1S/C20H19FN2O2S/c1-13-23-20(15-5-7-16(21)8-6-15)18(26-13)11-19(24)22-12-14-3-9-17(25-2)10-4-14/h3-10H,11-12H2,1-2H3,(H,22,24). The minimum atomic E-state index is -0.292. The Labute approximate surface area is 155 Å². The lowest BCUT2D eigenvalue weighted by Gasteiger charge is -2.07. The SMILES string of the molecule is COc1ccc(CNC(=O)Cc2sc(C)nc2-c2ccc(F)cc2)cc1. The van der Waals surface area contributed by atoms with Crippen LogP contribution in [0.3, 0.4) is 0 Å². The van der Waals surface area contributed by atoms with E-state index < -0.39 is 0 Å². The van der Waals surface area contributed by atoms with E-state index in [-0.39, 0.29) is 18.1 Å². The van der Waals surface area contributed by atoms with Crippen molar-refractivity contribution in [2.24, 2.45) is 0 Å². The van der Waals surface area contributed by atoms with Crippen molar-refractivity contribution in [3.63, 3.8) is 0 Å². The van der Waals surface area contributed by atoms with Gasteiger partial charge in [0.05, 0.1) is 24.2 Å². The van der Waals surface area contributed by atoms with E-state index in [4.69, 9.17) is 4.74 Å². The minimum Gasteiger partial charge on any atom is -0.497 e. The number of ether oxygens (including phenoxy) is 1. The number of aromatic nitrogens is 1. The van der Waals surface area contributed by atoms with Crippen LogP contribution in [-0.2, 0) is 17.8 Å². The van der Waals surface area contributed by atoms with Crippen molar-refractivity contribution in [1.82, 2.24) is 10.3 Å². The molecule has 1 amide bonds. The third kappa shape index (κ3) is 4.46. The van der Waals surface area contributed by atoms with Crippen LogP contribution in [0.2, 0.25) is 0 Å². The summed E-state index contributed by atoms with van der Waals surface area (Å²) >= 11 is 1.49. The van der Waals surface area contributed by atoms with E-state index in [0.717, 1.165) is 32.5 Å². The molecule has 0 fully saturated rings. The fraction of sp³-hybridized carbons (Fsp3) is 0.200. The van der Waals surface area contributed by atoms with Crippen molar-refractivity contribution in [1.29, 1.82) is 0 Å². The summed E-state index contributed by atoms with van der Waals surface area (Å²) in [6, 6.07) is 13.7. The molecule has 2 aromatic carbocycles. The van der Waals surface area contributed by atoms with Gasteiger partial charge in [-0.1, -0.05) is 12.1 Å². The largest absolute Gasteiger partial charge is 0.497 e. The molecule has 134 valence electrons. The number of nitrogens with one attached hydrogen (secondary N) is 1. The molecule has 0 aliphatic carbocycles. The van der Waals surface area contributed by atoms with Gasteiger partial charge in [-0.2, -0.15) is 0 Å². The van der Waals surface area contributed by atoms with E-state index in [1.54, 1.807) is 19.2 Å². The van der Waals surface area contributed by atoms with Crippen LogP contribution in [0, 0.1) is 12.7 Å². The third-order valence-electron chi connectivity index (χ3n) is 3.89. The lowest BCUT2D eigenvalue weighted by Crippen LogP contribution is -2.24. The number of thiazole rings is 1. The number of rotatable bonds is 6. The van der Waals surface area contributed by atoms with Crippen molar-refractivity contribution in [3.8, 4) is 17.0 Å². The summed E-state index contributed by atoms with van der Waals surface area (Å²) in [5, 5.41) is 3.80. The van der Waals surface area contributed by atoms with Crippen LogP contribution in [0.5, 0.6) is 5.75 Å². The van der Waals surface area contributed by atoms with Gasteiger partial charge < -0.3 is 10.1 Å². The summed E-state index contributed by atoms with van der Waals surface area (Å²) < 4.78 is 18.3. The van der Waals surface area contributed by atoms with Gasteiger partial charge in [0.2, 0.25) is 5.91 Å². The predicted molar refractivity (Wildman–Crippen MR) is 101 cm³/mol. The van der Waals surface area contributed by atoms with E-state index in [9.17, 15) is 9.18 Å². The van der Waals surface area contributed by atoms with E-state index >= 15 is 0 Å². The van der Waals surface area contributed by atoms with Crippen LogP contribution in [0.15, 0.2) is 48.5 Å². The molecule has 3 rings (SSSR count). The third-order valence-corrected chi connectivity index (χ3v) is 4.86. The first-order chi connectivity index (χ1) is 12.5. The van der Waals surface area contributed by atoms with Gasteiger partial charge in [0.1, 0.15) is 11.6 Å². The average molecular weight is 370 g/mol. The van der Waals surface area contributed by atoms with Crippen molar-refractivity contribution in [2.45, 2.75) is 19.9 Å². The molecule has 0 aliphatic heterocycles. The van der Waals surface area contributed by atoms with Crippen LogP contribution < -0.4 is 10.1 Å². The number of amides is 1. The normalized spacial score (nSPS) is 10.6. The molecule has 0 aliphatic rings. The van der Waals surface area contributed by atoms with Crippen LogP contribution in [-0.4, -0.2) is 18.0 Å². The van der Waals surface area contributed by atoms with E-state index in [2.05, 4.69) is 10.3 Å². The maximum absolute atomic E-state index is 13.1. The van der Waals surface area contributed by atoms with Crippen LogP contribution in [0.4, 0.5) is 4.39 Å². The van der Waals surface area contributed by atoms with E-state index in [0.29, 0.717) is 6.54 Å². The average Bonchev–Trinajstić information content (AvgIpc) is 3.01. The van der Waals surface area contributed by atoms with Gasteiger partial charge in [-0.25, -0.2) is 9.37 Å². The topological polar surface area (TPSA) is 51.2 Å². The summed E-state index contributed by atoms with van der Waals surface area (Å²) in [7, 11) is 1.62. The highest BCUT2D eigenvalue weighted by Crippen LogP contribution is 2.28. The van der Waals surface area contributed by atoms with Gasteiger partial charge in [0, 0.05) is 17.0 Å². The Balaban J connectivity index is 1.66. The molecule has 1 heterocycles. The highest BCUT2D eigenvalue weighted by Gasteiger charge is 2.15. The number of aryl methyl sites for hydroxylation is 1. The number of carbonyl (C=O) groups excluding carboxylic acids is 1. The summed E-state index contributed by atoms with van der Waals surface area (Å²) in [6.07, 6.45) is 0.244. The molecule has 26 heavy (non-hydrogen) atoms. The molecular formula is C20H19FN2O2S. The molecule has 0 saturated carbocycles. The molecule has 1 aromatic heterocycles. The molecule has 0 spiro atoms. The van der Waals surface area contributed by atoms with Crippen LogP contribution >= 0.6 is 11.3 Å². The number of methoxy groups -OCH3 is 1. The Morgan fingerprint density at radius 3 is 2.50 bits per heavy atom. The maximum atomic E-state index is 13.1. The predicted octanol–water partition coefficient (Wildman–Crippen LogP) is 4.13. The monoisotopic (exact) mass is 370 g/mol. The molecule has 0 bridgehead atoms. The second-order valence-corrected chi connectivity index (χ2v) is 7.10. The van der Waals surface area contributed by atoms with Gasteiger partial charge in [0.25, 0.3) is 0 Å². The first-order valence-corrected chi connectivity index (χ1v) is 8.98. The first-order valence-electron chi connectivity index (χ1n) is 8.17. The Morgan fingerprint density at radius 1 is 1.15 bits per heavy atom. The smallest absolute Gasteiger partial charge is 0.225 e. The highest BCUT2D eigenvalue weighted by molar-refractivity contribution is 7.12. The van der Waals surface area contributed by atoms with Crippen LogP contribution in [0.25, 0.3) is 11.3 Å². The summed E-state index contributed by atoms with van der Waals surface area (Å²) in [4.78, 5) is 17.7. The number of carbonyl (C=O) groups is 1. The summed E-state index contributed by atoms with van der Waals surface area (Å²) in [6.45, 7) is 2.35. The first kappa shape index (κ1) is 18.1. The Hall–Kier alpha value is -2.73. The molecular weight excluding hydrogens is 351 g/mol. The van der Waals surface area contributed by atoms with Crippen LogP contribution in [0.1, 0.15) is 15.4 Å². The number of nitrogens with zero attached hydrogens (tertiary/aromatic N) is 1. The zero-order valence-electron chi connectivity index (χ0n) is 14.6.